The lowest BCUT2D eigenvalue weighted by molar-refractivity contribution is -0.144. The van der Waals surface area contributed by atoms with Crippen molar-refractivity contribution in [2.24, 2.45) is 0 Å². The van der Waals surface area contributed by atoms with Crippen LogP contribution in [-0.4, -0.2) is 38.9 Å². The van der Waals surface area contributed by atoms with Crippen molar-refractivity contribution in [3.8, 4) is 6.07 Å². The fourth-order valence-corrected chi connectivity index (χ4v) is 2.33. The van der Waals surface area contributed by atoms with Gasteiger partial charge in [-0.2, -0.15) is 5.26 Å². The zero-order valence-corrected chi connectivity index (χ0v) is 11.8. The number of morpholine rings is 1. The third kappa shape index (κ3) is 3.28. The minimum atomic E-state index is -0.276. The second-order valence-corrected chi connectivity index (χ2v) is 4.85. The van der Waals surface area contributed by atoms with Gasteiger partial charge in [-0.3, -0.25) is 4.79 Å². The summed E-state index contributed by atoms with van der Waals surface area (Å²) in [7, 11) is 1.37. The molecular weight excluding hydrogens is 256 g/mol. The normalized spacial score (nSPS) is 18.4. The molecular formula is C15H18N2O3. The predicted molar refractivity (Wildman–Crippen MR) is 74.5 cm³/mol. The summed E-state index contributed by atoms with van der Waals surface area (Å²) < 4.78 is 10.2. The molecule has 1 fully saturated rings. The second kappa shape index (κ2) is 6.40. The number of carbonyl (C=O) groups excluding carboxylic acids is 1. The van der Waals surface area contributed by atoms with Crippen molar-refractivity contribution < 1.29 is 14.3 Å². The highest BCUT2D eigenvalue weighted by Gasteiger charge is 2.24. The standard InChI is InChI=1S/C15H18N2O3/c1-11-3-4-12(9-16)14(7-11)17-5-6-20-13(10-17)8-15(18)19-2/h3-4,7,13H,5-6,8,10H2,1-2H3. The van der Waals surface area contributed by atoms with Crippen molar-refractivity contribution in [1.82, 2.24) is 0 Å². The first-order chi connectivity index (χ1) is 9.63. The molecule has 0 spiro atoms. The molecule has 20 heavy (non-hydrogen) atoms. The Morgan fingerprint density at radius 1 is 1.60 bits per heavy atom. The fraction of sp³-hybridized carbons (Fsp3) is 0.467. The van der Waals surface area contributed by atoms with Gasteiger partial charge in [0.15, 0.2) is 0 Å². The first-order valence-corrected chi connectivity index (χ1v) is 6.58. The van der Waals surface area contributed by atoms with E-state index in [1.165, 1.54) is 7.11 Å². The lowest BCUT2D eigenvalue weighted by atomic mass is 10.1. The highest BCUT2D eigenvalue weighted by atomic mass is 16.5. The van der Waals surface area contributed by atoms with Crippen molar-refractivity contribution in [3.63, 3.8) is 0 Å². The molecule has 1 atom stereocenters. The molecule has 0 bridgehead atoms. The van der Waals surface area contributed by atoms with Crippen molar-refractivity contribution in [1.29, 1.82) is 5.26 Å². The van der Waals surface area contributed by atoms with Crippen molar-refractivity contribution in [3.05, 3.63) is 29.3 Å². The van der Waals surface area contributed by atoms with Crippen LogP contribution < -0.4 is 4.90 Å². The van der Waals surface area contributed by atoms with Crippen LogP contribution in [-0.2, 0) is 14.3 Å². The molecule has 1 aromatic rings. The molecule has 1 saturated heterocycles. The maximum absolute atomic E-state index is 11.3. The van der Waals surface area contributed by atoms with Crippen LogP contribution in [0.1, 0.15) is 17.5 Å². The second-order valence-electron chi connectivity index (χ2n) is 4.85. The van der Waals surface area contributed by atoms with Crippen molar-refractivity contribution in [2.45, 2.75) is 19.4 Å². The molecule has 0 saturated carbocycles. The molecule has 1 aromatic carbocycles. The number of rotatable bonds is 3. The molecule has 1 aliphatic rings. The first kappa shape index (κ1) is 14.4. The van der Waals surface area contributed by atoms with Gasteiger partial charge in [-0.15, -0.1) is 0 Å². The highest BCUT2D eigenvalue weighted by Crippen LogP contribution is 2.24. The van der Waals surface area contributed by atoms with Gasteiger partial charge in [0.25, 0.3) is 0 Å². The third-order valence-corrected chi connectivity index (χ3v) is 3.38. The van der Waals surface area contributed by atoms with E-state index in [0.717, 1.165) is 17.8 Å². The largest absolute Gasteiger partial charge is 0.469 e. The summed E-state index contributed by atoms with van der Waals surface area (Å²) in [6.45, 7) is 3.85. The Kier molecular flexibility index (Phi) is 4.59. The van der Waals surface area contributed by atoms with E-state index in [1.807, 2.05) is 25.1 Å². The Morgan fingerprint density at radius 3 is 3.10 bits per heavy atom. The average Bonchev–Trinajstić information content (AvgIpc) is 2.47. The zero-order valence-electron chi connectivity index (χ0n) is 11.8. The summed E-state index contributed by atoms with van der Waals surface area (Å²) in [4.78, 5) is 13.4. The molecule has 0 aliphatic carbocycles. The van der Waals surface area contributed by atoms with Crippen LogP contribution in [0.25, 0.3) is 0 Å². The van der Waals surface area contributed by atoms with E-state index in [4.69, 9.17) is 4.74 Å². The van der Waals surface area contributed by atoms with E-state index < -0.39 is 0 Å². The molecule has 1 aliphatic heterocycles. The molecule has 0 radical (unpaired) electrons. The quantitative estimate of drug-likeness (QED) is 0.784. The number of carbonyl (C=O) groups is 1. The summed E-state index contributed by atoms with van der Waals surface area (Å²) in [6, 6.07) is 7.97. The summed E-state index contributed by atoms with van der Waals surface area (Å²) in [5.74, 6) is -0.276. The summed E-state index contributed by atoms with van der Waals surface area (Å²) in [5.41, 5.74) is 2.66. The van der Waals surface area contributed by atoms with Crippen LogP contribution >= 0.6 is 0 Å². The Bertz CT molecular complexity index is 536. The first-order valence-electron chi connectivity index (χ1n) is 6.58. The van der Waals surface area contributed by atoms with Gasteiger partial charge in [0.05, 0.1) is 37.5 Å². The molecule has 0 amide bonds. The molecule has 106 valence electrons. The van der Waals surface area contributed by atoms with E-state index in [1.54, 1.807) is 0 Å². The Hall–Kier alpha value is -2.06. The van der Waals surface area contributed by atoms with Crippen LogP contribution in [0.3, 0.4) is 0 Å². The molecule has 0 aromatic heterocycles. The van der Waals surface area contributed by atoms with Crippen LogP contribution in [0.15, 0.2) is 18.2 Å². The Morgan fingerprint density at radius 2 is 2.40 bits per heavy atom. The van der Waals surface area contributed by atoms with E-state index in [-0.39, 0.29) is 18.5 Å². The molecule has 1 unspecified atom stereocenters. The third-order valence-electron chi connectivity index (χ3n) is 3.38. The summed E-state index contributed by atoms with van der Waals surface area (Å²) in [5, 5.41) is 9.21. The van der Waals surface area contributed by atoms with Gasteiger partial charge < -0.3 is 14.4 Å². The number of methoxy groups -OCH3 is 1. The topological polar surface area (TPSA) is 62.6 Å². The van der Waals surface area contributed by atoms with Crippen LogP contribution in [0.2, 0.25) is 0 Å². The minimum Gasteiger partial charge on any atom is -0.469 e. The SMILES string of the molecule is COC(=O)CC1CN(c2cc(C)ccc2C#N)CCO1. The van der Waals surface area contributed by atoms with Gasteiger partial charge in [-0.05, 0) is 24.6 Å². The maximum Gasteiger partial charge on any atom is 0.308 e. The number of aryl methyl sites for hydroxylation is 1. The van der Waals surface area contributed by atoms with E-state index in [2.05, 4.69) is 15.7 Å². The van der Waals surface area contributed by atoms with Crippen LogP contribution in [0.5, 0.6) is 0 Å². The Balaban J connectivity index is 2.15. The van der Waals surface area contributed by atoms with Gasteiger partial charge in [0.2, 0.25) is 0 Å². The highest BCUT2D eigenvalue weighted by molar-refractivity contribution is 5.70. The van der Waals surface area contributed by atoms with E-state index in [0.29, 0.717) is 18.7 Å². The zero-order chi connectivity index (χ0) is 14.5. The minimum absolute atomic E-state index is 0.191. The fourth-order valence-electron chi connectivity index (χ4n) is 2.33. The molecule has 1 heterocycles. The lowest BCUT2D eigenvalue weighted by Crippen LogP contribution is -2.43. The van der Waals surface area contributed by atoms with Gasteiger partial charge in [0.1, 0.15) is 6.07 Å². The van der Waals surface area contributed by atoms with Gasteiger partial charge in [-0.25, -0.2) is 0 Å². The van der Waals surface area contributed by atoms with Crippen LogP contribution in [0, 0.1) is 18.3 Å². The van der Waals surface area contributed by atoms with Crippen molar-refractivity contribution >= 4 is 11.7 Å². The van der Waals surface area contributed by atoms with Gasteiger partial charge in [-0.1, -0.05) is 6.07 Å². The molecule has 0 N–H and O–H groups in total. The Labute approximate surface area is 118 Å². The average molecular weight is 274 g/mol. The predicted octanol–water partition coefficient (Wildman–Crippen LogP) is 1.64. The summed E-state index contributed by atoms with van der Waals surface area (Å²) in [6.07, 6.45) is 0.0454. The summed E-state index contributed by atoms with van der Waals surface area (Å²) >= 11 is 0. The van der Waals surface area contributed by atoms with Gasteiger partial charge >= 0.3 is 5.97 Å². The number of benzene rings is 1. The van der Waals surface area contributed by atoms with Crippen molar-refractivity contribution in [2.75, 3.05) is 31.7 Å². The van der Waals surface area contributed by atoms with Gasteiger partial charge in [0, 0.05) is 13.1 Å². The van der Waals surface area contributed by atoms with E-state index in [9.17, 15) is 10.1 Å². The molecule has 5 heteroatoms. The smallest absolute Gasteiger partial charge is 0.308 e. The number of nitrogens with zero attached hydrogens (tertiary/aromatic N) is 2. The number of hydrogen-bond donors (Lipinski definition) is 0. The lowest BCUT2D eigenvalue weighted by Gasteiger charge is -2.34. The van der Waals surface area contributed by atoms with Crippen LogP contribution in [0.4, 0.5) is 5.69 Å². The van der Waals surface area contributed by atoms with E-state index >= 15 is 0 Å². The molecule has 2 rings (SSSR count). The molecule has 5 nitrogen and oxygen atoms in total. The number of anilines is 1. The monoisotopic (exact) mass is 274 g/mol. The number of ether oxygens (including phenoxy) is 2. The number of esters is 1. The number of hydrogen-bond acceptors (Lipinski definition) is 5. The number of nitriles is 1. The maximum atomic E-state index is 11.3.